The molecule has 1 aromatic heterocycles. The minimum absolute atomic E-state index is 0.212. The molecule has 4 atom stereocenters. The summed E-state index contributed by atoms with van der Waals surface area (Å²) in [7, 11) is 0. The van der Waals surface area contributed by atoms with Crippen LogP contribution in [0.3, 0.4) is 0 Å². The number of hydrogen-bond donors (Lipinski definition) is 2. The summed E-state index contributed by atoms with van der Waals surface area (Å²) in [4.78, 5) is 28.6. The Balaban J connectivity index is 1.93. The first-order chi connectivity index (χ1) is 12.0. The lowest BCUT2D eigenvalue weighted by Gasteiger charge is -2.22. The number of aromatic nitrogens is 2. The van der Waals surface area contributed by atoms with Crippen LogP contribution in [0.4, 0.5) is 0 Å². The van der Waals surface area contributed by atoms with E-state index >= 15 is 0 Å². The lowest BCUT2D eigenvalue weighted by Crippen LogP contribution is -2.33. The molecule has 0 aliphatic carbocycles. The van der Waals surface area contributed by atoms with Crippen LogP contribution in [0.1, 0.15) is 29.9 Å². The molecule has 1 saturated heterocycles. The summed E-state index contributed by atoms with van der Waals surface area (Å²) < 4.78 is 7.08. The van der Waals surface area contributed by atoms with E-state index in [1.165, 1.54) is 10.8 Å². The molecule has 2 heterocycles. The van der Waals surface area contributed by atoms with Gasteiger partial charge in [-0.2, -0.15) is 0 Å². The molecule has 0 amide bonds. The van der Waals surface area contributed by atoms with E-state index in [9.17, 15) is 14.7 Å². The van der Waals surface area contributed by atoms with E-state index in [4.69, 9.17) is 10.3 Å². The summed E-state index contributed by atoms with van der Waals surface area (Å²) in [5, 5.41) is 14.3. The molecule has 1 aliphatic heterocycles. The number of aryl methyl sites for hydroxylation is 1. The van der Waals surface area contributed by atoms with Crippen molar-refractivity contribution in [3.05, 3.63) is 78.9 Å². The van der Waals surface area contributed by atoms with Crippen LogP contribution in [0.2, 0.25) is 0 Å². The number of azide groups is 1. The van der Waals surface area contributed by atoms with E-state index in [-0.39, 0.29) is 6.42 Å². The lowest BCUT2D eigenvalue weighted by atomic mass is 9.99. The third kappa shape index (κ3) is 3.34. The van der Waals surface area contributed by atoms with E-state index in [0.29, 0.717) is 11.1 Å². The molecule has 2 aromatic rings. The van der Waals surface area contributed by atoms with Crippen molar-refractivity contribution >= 4 is 0 Å². The summed E-state index contributed by atoms with van der Waals surface area (Å²) in [6.07, 6.45) is -0.953. The molecule has 0 radical (unpaired) electrons. The summed E-state index contributed by atoms with van der Waals surface area (Å²) in [6.45, 7) is 1.57. The summed E-state index contributed by atoms with van der Waals surface area (Å²) >= 11 is 0. The Morgan fingerprint density at radius 2 is 2.12 bits per heavy atom. The highest BCUT2D eigenvalue weighted by atomic mass is 16.5. The number of hydrogen-bond acceptors (Lipinski definition) is 5. The predicted octanol–water partition coefficient (Wildman–Crippen LogP) is 1.55. The first kappa shape index (κ1) is 17.0. The zero-order chi connectivity index (χ0) is 18.0. The van der Waals surface area contributed by atoms with Crippen molar-refractivity contribution in [3.8, 4) is 0 Å². The van der Waals surface area contributed by atoms with Crippen molar-refractivity contribution in [1.29, 1.82) is 0 Å². The van der Waals surface area contributed by atoms with Gasteiger partial charge in [-0.15, -0.1) is 0 Å². The fourth-order valence-corrected chi connectivity index (χ4v) is 2.95. The van der Waals surface area contributed by atoms with Crippen LogP contribution in [0.15, 0.2) is 51.2 Å². The molecule has 2 N–H and O–H groups in total. The van der Waals surface area contributed by atoms with E-state index in [0.717, 1.165) is 0 Å². The van der Waals surface area contributed by atoms with Gasteiger partial charge in [0.15, 0.2) is 0 Å². The van der Waals surface area contributed by atoms with Crippen LogP contribution in [-0.4, -0.2) is 26.8 Å². The molecule has 9 heteroatoms. The smallest absolute Gasteiger partial charge is 0.330 e. The van der Waals surface area contributed by atoms with E-state index in [2.05, 4.69) is 15.0 Å². The van der Waals surface area contributed by atoms with Crippen LogP contribution in [0.25, 0.3) is 10.4 Å². The maximum absolute atomic E-state index is 12.1. The van der Waals surface area contributed by atoms with Crippen LogP contribution >= 0.6 is 0 Å². The molecule has 1 fully saturated rings. The average molecular weight is 343 g/mol. The molecule has 9 nitrogen and oxygen atoms in total. The average Bonchev–Trinajstić information content (AvgIpc) is 3.02. The fraction of sp³-hybridized carbons (Fsp3) is 0.375. The first-order valence-corrected chi connectivity index (χ1v) is 7.76. The van der Waals surface area contributed by atoms with Gasteiger partial charge in [0.1, 0.15) is 12.3 Å². The number of aromatic amines is 1. The number of benzene rings is 1. The standard InChI is InChI=1S/C16H17N5O4/c1-9-8-21(16(24)18-15(9)23)12-7-11(19-20-17)14(25-12)13(22)10-5-3-2-4-6-10/h2-6,8,11-14,22H,7H2,1H3,(H,18,23,24)/t11-,12+,13-,14?/m0/s1. The van der Waals surface area contributed by atoms with Gasteiger partial charge in [-0.25, -0.2) is 4.79 Å². The van der Waals surface area contributed by atoms with Crippen LogP contribution in [0.5, 0.6) is 0 Å². The van der Waals surface area contributed by atoms with Gasteiger partial charge >= 0.3 is 5.69 Å². The molecule has 3 rings (SSSR count). The maximum Gasteiger partial charge on any atom is 0.330 e. The van der Waals surface area contributed by atoms with Gasteiger partial charge in [-0.1, -0.05) is 35.4 Å². The van der Waals surface area contributed by atoms with Crippen molar-refractivity contribution in [3.63, 3.8) is 0 Å². The van der Waals surface area contributed by atoms with Crippen molar-refractivity contribution < 1.29 is 9.84 Å². The van der Waals surface area contributed by atoms with Gasteiger partial charge in [-0.05, 0) is 18.0 Å². The van der Waals surface area contributed by atoms with E-state index in [1.807, 2.05) is 6.07 Å². The molecular weight excluding hydrogens is 326 g/mol. The molecule has 25 heavy (non-hydrogen) atoms. The second-order valence-corrected chi connectivity index (χ2v) is 5.90. The Kier molecular flexibility index (Phi) is 4.71. The van der Waals surface area contributed by atoms with E-state index in [1.54, 1.807) is 31.2 Å². The van der Waals surface area contributed by atoms with Crippen molar-refractivity contribution in [2.45, 2.75) is 37.8 Å². The van der Waals surface area contributed by atoms with E-state index < -0.39 is 35.7 Å². The van der Waals surface area contributed by atoms with Crippen molar-refractivity contribution in [2.75, 3.05) is 0 Å². The number of nitrogens with zero attached hydrogens (tertiary/aromatic N) is 4. The minimum Gasteiger partial charge on any atom is -0.386 e. The van der Waals surface area contributed by atoms with Gasteiger partial charge in [0.05, 0.1) is 12.1 Å². The third-order valence-electron chi connectivity index (χ3n) is 4.24. The van der Waals surface area contributed by atoms with Gasteiger partial charge in [-0.3, -0.25) is 14.3 Å². The van der Waals surface area contributed by atoms with Gasteiger partial charge in [0.25, 0.3) is 5.56 Å². The first-order valence-electron chi connectivity index (χ1n) is 7.76. The number of aliphatic hydroxyl groups excluding tert-OH is 1. The Bertz CT molecular complexity index is 916. The van der Waals surface area contributed by atoms with Gasteiger partial charge < -0.3 is 9.84 Å². The highest BCUT2D eigenvalue weighted by Crippen LogP contribution is 2.36. The number of H-pyrrole nitrogens is 1. The second kappa shape index (κ2) is 6.94. The Morgan fingerprint density at radius 1 is 1.40 bits per heavy atom. The normalized spacial score (nSPS) is 23.8. The highest BCUT2D eigenvalue weighted by Gasteiger charge is 2.40. The Morgan fingerprint density at radius 3 is 2.80 bits per heavy atom. The molecule has 1 unspecified atom stereocenters. The van der Waals surface area contributed by atoms with Crippen LogP contribution < -0.4 is 11.2 Å². The molecular formula is C16H17N5O4. The SMILES string of the molecule is Cc1cn([C@H]2C[C@H](N=[N+]=[N-])C([C@@H](O)c3ccccc3)O2)c(=O)[nH]c1=O. The quantitative estimate of drug-likeness (QED) is 0.495. The Hall–Kier alpha value is -2.87. The molecule has 130 valence electrons. The minimum atomic E-state index is -1.01. The molecule has 1 aliphatic rings. The fourth-order valence-electron chi connectivity index (χ4n) is 2.95. The number of ether oxygens (including phenoxy) is 1. The topological polar surface area (TPSA) is 133 Å². The summed E-state index contributed by atoms with van der Waals surface area (Å²) in [5.41, 5.74) is 8.69. The number of rotatable bonds is 4. The molecule has 0 spiro atoms. The highest BCUT2D eigenvalue weighted by molar-refractivity contribution is 5.19. The zero-order valence-electron chi connectivity index (χ0n) is 13.4. The summed E-state index contributed by atoms with van der Waals surface area (Å²) in [5.74, 6) is 0. The maximum atomic E-state index is 12.1. The molecule has 0 bridgehead atoms. The number of nitrogens with one attached hydrogen (secondary N) is 1. The van der Waals surface area contributed by atoms with Crippen LogP contribution in [0, 0.1) is 6.92 Å². The molecule has 1 aromatic carbocycles. The summed E-state index contributed by atoms with van der Waals surface area (Å²) in [6, 6.07) is 8.22. The third-order valence-corrected chi connectivity index (χ3v) is 4.24. The predicted molar refractivity (Wildman–Crippen MR) is 88.9 cm³/mol. The second-order valence-electron chi connectivity index (χ2n) is 5.90. The van der Waals surface area contributed by atoms with Gasteiger partial charge in [0, 0.05) is 23.1 Å². The molecule has 0 saturated carbocycles. The largest absolute Gasteiger partial charge is 0.386 e. The van der Waals surface area contributed by atoms with Crippen molar-refractivity contribution in [1.82, 2.24) is 9.55 Å². The Labute approximate surface area is 142 Å². The van der Waals surface area contributed by atoms with Crippen molar-refractivity contribution in [2.24, 2.45) is 5.11 Å². The zero-order valence-corrected chi connectivity index (χ0v) is 13.4. The van der Waals surface area contributed by atoms with Gasteiger partial charge in [0.2, 0.25) is 0 Å². The lowest BCUT2D eigenvalue weighted by molar-refractivity contribution is -0.0650. The monoisotopic (exact) mass is 343 g/mol. The number of aliphatic hydroxyl groups is 1. The van der Waals surface area contributed by atoms with Crippen LogP contribution in [-0.2, 0) is 4.74 Å².